The van der Waals surface area contributed by atoms with Crippen LogP contribution in [0.3, 0.4) is 0 Å². The van der Waals surface area contributed by atoms with Crippen molar-refractivity contribution in [2.75, 3.05) is 4.90 Å². The lowest BCUT2D eigenvalue weighted by Crippen LogP contribution is -2.11. The first-order valence-corrected chi connectivity index (χ1v) is 19.8. The van der Waals surface area contributed by atoms with Crippen LogP contribution >= 0.6 is 0 Å². The van der Waals surface area contributed by atoms with Crippen molar-refractivity contribution in [3.63, 3.8) is 0 Å². The Balaban J connectivity index is 1.15. The quantitative estimate of drug-likeness (QED) is 0.162. The van der Waals surface area contributed by atoms with Crippen molar-refractivity contribution in [3.05, 3.63) is 224 Å². The molecule has 0 aliphatic carbocycles. The monoisotopic (exact) mass is 739 g/mol. The topological polar surface area (TPSA) is 16.4 Å². The van der Waals surface area contributed by atoms with Crippen LogP contribution in [0.1, 0.15) is 0 Å². The van der Waals surface area contributed by atoms with E-state index in [1.807, 2.05) is 0 Å². The molecule has 0 radical (unpaired) electrons. The highest BCUT2D eigenvalue weighted by molar-refractivity contribution is 6.14. The van der Waals surface area contributed by atoms with Crippen LogP contribution in [0.15, 0.2) is 229 Å². The van der Waals surface area contributed by atoms with Crippen LogP contribution in [0.25, 0.3) is 88.0 Å². The average molecular weight is 740 g/mol. The van der Waals surface area contributed by atoms with Crippen LogP contribution in [0.5, 0.6) is 0 Å². The SMILES string of the molecule is c1ccc(-c2ccc(N(c3cccc(-c4ccc5ccccc5c4)c3)c3ccccc3-c3cccc4c3oc3cc5ccccc5cc34)cc2-c2ccccc2)cc1. The summed E-state index contributed by atoms with van der Waals surface area (Å²) in [5.74, 6) is 0. The van der Waals surface area contributed by atoms with E-state index in [9.17, 15) is 0 Å². The maximum atomic E-state index is 6.83. The van der Waals surface area contributed by atoms with Gasteiger partial charge in [-0.2, -0.15) is 0 Å². The van der Waals surface area contributed by atoms with Crippen LogP contribution in [0.2, 0.25) is 0 Å². The third-order valence-electron chi connectivity index (χ3n) is 11.4. The van der Waals surface area contributed by atoms with Crippen LogP contribution in [-0.4, -0.2) is 0 Å². The molecule has 0 fully saturated rings. The molecule has 0 aliphatic heterocycles. The molecule has 0 saturated carbocycles. The number of nitrogens with zero attached hydrogens (tertiary/aromatic N) is 1. The predicted molar refractivity (Wildman–Crippen MR) is 245 cm³/mol. The Hall–Kier alpha value is -7.68. The number of furan rings is 1. The largest absolute Gasteiger partial charge is 0.455 e. The molecule has 0 aliphatic rings. The number of hydrogen-bond acceptors (Lipinski definition) is 2. The molecule has 0 spiro atoms. The highest BCUT2D eigenvalue weighted by atomic mass is 16.3. The van der Waals surface area contributed by atoms with Gasteiger partial charge in [-0.05, 0) is 103 Å². The lowest BCUT2D eigenvalue weighted by atomic mass is 9.93. The van der Waals surface area contributed by atoms with E-state index in [-0.39, 0.29) is 0 Å². The average Bonchev–Trinajstić information content (AvgIpc) is 3.66. The smallest absolute Gasteiger partial charge is 0.143 e. The fourth-order valence-electron chi connectivity index (χ4n) is 8.61. The zero-order chi connectivity index (χ0) is 38.4. The van der Waals surface area contributed by atoms with Crippen LogP contribution in [0.4, 0.5) is 17.1 Å². The molecule has 0 bridgehead atoms. The Morgan fingerprint density at radius 3 is 1.67 bits per heavy atom. The van der Waals surface area contributed by atoms with E-state index in [2.05, 4.69) is 229 Å². The van der Waals surface area contributed by atoms with E-state index >= 15 is 0 Å². The highest BCUT2D eigenvalue weighted by Gasteiger charge is 2.22. The minimum absolute atomic E-state index is 0.884. The molecule has 0 unspecified atom stereocenters. The van der Waals surface area contributed by atoms with Gasteiger partial charge in [0.2, 0.25) is 0 Å². The van der Waals surface area contributed by atoms with E-state index in [1.165, 1.54) is 49.4 Å². The molecule has 11 aromatic rings. The Morgan fingerprint density at radius 2 is 0.879 bits per heavy atom. The third-order valence-corrected chi connectivity index (χ3v) is 11.4. The molecule has 11 rings (SSSR count). The van der Waals surface area contributed by atoms with Crippen molar-refractivity contribution in [3.8, 4) is 44.5 Å². The van der Waals surface area contributed by atoms with Crippen molar-refractivity contribution in [1.82, 2.24) is 0 Å². The predicted octanol–water partition coefficient (Wildman–Crippen LogP) is 16.0. The Bertz CT molecular complexity index is 3290. The van der Waals surface area contributed by atoms with Gasteiger partial charge in [0.1, 0.15) is 11.2 Å². The molecule has 2 heteroatoms. The van der Waals surface area contributed by atoms with E-state index in [1.54, 1.807) is 0 Å². The molecule has 1 aromatic heterocycles. The molecule has 0 amide bonds. The van der Waals surface area contributed by atoms with Crippen LogP contribution in [0, 0.1) is 0 Å². The number of rotatable bonds is 7. The van der Waals surface area contributed by atoms with E-state index < -0.39 is 0 Å². The minimum Gasteiger partial charge on any atom is -0.455 e. The third kappa shape index (κ3) is 5.91. The number of anilines is 3. The van der Waals surface area contributed by atoms with Gasteiger partial charge in [-0.3, -0.25) is 0 Å². The van der Waals surface area contributed by atoms with Crippen molar-refractivity contribution in [2.45, 2.75) is 0 Å². The van der Waals surface area contributed by atoms with Gasteiger partial charge in [0.05, 0.1) is 5.69 Å². The second-order valence-corrected chi connectivity index (χ2v) is 14.9. The zero-order valence-electron chi connectivity index (χ0n) is 31.7. The lowest BCUT2D eigenvalue weighted by Gasteiger charge is -2.29. The summed E-state index contributed by atoms with van der Waals surface area (Å²) in [5, 5.41) is 7.06. The standard InChI is InChI=1S/C56H37NO/c1-3-16-39(17-4-1)48-32-31-47(37-52(48)40-18-5-2-6-19-40)57(46-24-13-23-42(34-46)45-30-29-38-15-7-8-20-41(38)33-45)54-28-12-11-25-49(54)50-26-14-27-51-53-35-43-21-9-10-22-44(43)36-55(53)58-56(50)51/h1-37H. The zero-order valence-corrected chi connectivity index (χ0v) is 31.7. The number of benzene rings is 10. The van der Waals surface area contributed by atoms with E-state index in [0.717, 1.165) is 55.7 Å². The number of hydrogen-bond donors (Lipinski definition) is 0. The molecular formula is C56H37NO. The molecule has 1 heterocycles. The molecule has 58 heavy (non-hydrogen) atoms. The van der Waals surface area contributed by atoms with E-state index in [0.29, 0.717) is 0 Å². The minimum atomic E-state index is 0.884. The maximum Gasteiger partial charge on any atom is 0.143 e. The van der Waals surface area contributed by atoms with Gasteiger partial charge >= 0.3 is 0 Å². The Labute approximate surface area is 337 Å². The fraction of sp³-hybridized carbons (Fsp3) is 0. The van der Waals surface area contributed by atoms with Crippen molar-refractivity contribution < 1.29 is 4.42 Å². The molecular weight excluding hydrogens is 703 g/mol. The van der Waals surface area contributed by atoms with Gasteiger partial charge in [0.25, 0.3) is 0 Å². The first-order valence-electron chi connectivity index (χ1n) is 19.8. The van der Waals surface area contributed by atoms with Gasteiger partial charge in [0.15, 0.2) is 0 Å². The molecule has 10 aromatic carbocycles. The summed E-state index contributed by atoms with van der Waals surface area (Å²) in [4.78, 5) is 2.41. The van der Waals surface area contributed by atoms with Crippen molar-refractivity contribution in [1.29, 1.82) is 0 Å². The van der Waals surface area contributed by atoms with Gasteiger partial charge in [0, 0.05) is 33.3 Å². The number of para-hydroxylation sites is 2. The van der Waals surface area contributed by atoms with Crippen molar-refractivity contribution in [2.24, 2.45) is 0 Å². The number of fused-ring (bicyclic) bond motifs is 5. The summed E-state index contributed by atoms with van der Waals surface area (Å²) < 4.78 is 6.83. The van der Waals surface area contributed by atoms with Crippen LogP contribution < -0.4 is 4.90 Å². The van der Waals surface area contributed by atoms with Crippen molar-refractivity contribution >= 4 is 60.5 Å². The lowest BCUT2D eigenvalue weighted by molar-refractivity contribution is 0.670. The first-order chi connectivity index (χ1) is 28.7. The van der Waals surface area contributed by atoms with E-state index in [4.69, 9.17) is 4.42 Å². The van der Waals surface area contributed by atoms with Gasteiger partial charge in [-0.1, -0.05) is 176 Å². The molecule has 0 atom stereocenters. The normalized spacial score (nSPS) is 11.4. The summed E-state index contributed by atoms with van der Waals surface area (Å²) in [5.41, 5.74) is 14.1. The first kappa shape index (κ1) is 33.6. The maximum absolute atomic E-state index is 6.83. The van der Waals surface area contributed by atoms with Crippen LogP contribution in [-0.2, 0) is 0 Å². The summed E-state index contributed by atoms with van der Waals surface area (Å²) in [6, 6.07) is 80.7. The summed E-state index contributed by atoms with van der Waals surface area (Å²) in [7, 11) is 0. The molecule has 272 valence electrons. The fourth-order valence-corrected chi connectivity index (χ4v) is 8.61. The highest BCUT2D eigenvalue weighted by Crippen LogP contribution is 2.47. The summed E-state index contributed by atoms with van der Waals surface area (Å²) in [6.07, 6.45) is 0. The molecule has 2 nitrogen and oxygen atoms in total. The molecule has 0 N–H and O–H groups in total. The summed E-state index contributed by atoms with van der Waals surface area (Å²) in [6.45, 7) is 0. The second kappa shape index (κ2) is 14.1. The Kier molecular flexibility index (Phi) is 8.19. The second-order valence-electron chi connectivity index (χ2n) is 14.9. The van der Waals surface area contributed by atoms with Gasteiger partial charge in [-0.15, -0.1) is 0 Å². The van der Waals surface area contributed by atoms with Gasteiger partial charge in [-0.25, -0.2) is 0 Å². The Morgan fingerprint density at radius 1 is 0.293 bits per heavy atom. The molecule has 0 saturated heterocycles. The van der Waals surface area contributed by atoms with Gasteiger partial charge < -0.3 is 9.32 Å². The summed E-state index contributed by atoms with van der Waals surface area (Å²) >= 11 is 0.